The number of carbonyl (C=O) groups excluding carboxylic acids is 1. The lowest BCUT2D eigenvalue weighted by atomic mass is 9.89. The summed E-state index contributed by atoms with van der Waals surface area (Å²) < 4.78 is 5.12. The largest absolute Gasteiger partial charge is 0.465 e. The van der Waals surface area contributed by atoms with Crippen molar-refractivity contribution >= 4 is 5.97 Å². The first kappa shape index (κ1) is 15.0. The quantitative estimate of drug-likeness (QED) is 0.508. The highest BCUT2D eigenvalue weighted by Gasteiger charge is 2.36. The predicted octanol–water partition coefficient (Wildman–Crippen LogP) is 2.11. The number of hydrogen-bond acceptors (Lipinski definition) is 3. The van der Waals surface area contributed by atoms with Gasteiger partial charge < -0.3 is 4.74 Å². The molecule has 0 bridgehead atoms. The molecule has 0 aromatic carbocycles. The Hall–Kier alpha value is -1.01. The summed E-state index contributed by atoms with van der Waals surface area (Å²) in [4.78, 5) is 12.0. The molecule has 16 heavy (non-hydrogen) atoms. The number of ether oxygens (including phenoxy) is 1. The molecular weight excluding hydrogens is 202 g/mol. The third-order valence-electron chi connectivity index (χ3n) is 2.76. The summed E-state index contributed by atoms with van der Waals surface area (Å²) in [6.45, 7) is 6.71. The van der Waals surface area contributed by atoms with Gasteiger partial charge in [0, 0.05) is 0 Å². The molecule has 0 heterocycles. The Morgan fingerprint density at radius 1 is 1.44 bits per heavy atom. The summed E-state index contributed by atoms with van der Waals surface area (Å²) in [7, 11) is 0. The molecule has 1 unspecified atom stereocenters. The number of hydrogen-bond donors (Lipinski definition) is 1. The smallest absolute Gasteiger partial charge is 0.326 e. The highest BCUT2D eigenvalue weighted by atomic mass is 16.5. The zero-order valence-corrected chi connectivity index (χ0v) is 10.6. The number of nitrogens with one attached hydrogen (secondary N) is 1. The van der Waals surface area contributed by atoms with E-state index in [2.05, 4.69) is 18.2 Å². The van der Waals surface area contributed by atoms with Crippen LogP contribution < -0.4 is 5.32 Å². The van der Waals surface area contributed by atoms with E-state index in [0.717, 1.165) is 19.3 Å². The minimum atomic E-state index is -0.599. The molecule has 0 aromatic heterocycles. The fourth-order valence-corrected chi connectivity index (χ4v) is 1.68. The van der Waals surface area contributed by atoms with Crippen molar-refractivity contribution in [2.45, 2.75) is 52.0 Å². The highest BCUT2D eigenvalue weighted by Crippen LogP contribution is 2.20. The van der Waals surface area contributed by atoms with E-state index in [0.29, 0.717) is 19.6 Å². The highest BCUT2D eigenvalue weighted by molar-refractivity contribution is 5.80. The van der Waals surface area contributed by atoms with E-state index < -0.39 is 5.54 Å². The van der Waals surface area contributed by atoms with Crippen LogP contribution in [0.2, 0.25) is 0 Å². The Morgan fingerprint density at radius 2 is 2.12 bits per heavy atom. The summed E-state index contributed by atoms with van der Waals surface area (Å²) in [5.74, 6) is 2.33. The molecule has 3 heteroatoms. The maximum absolute atomic E-state index is 12.0. The van der Waals surface area contributed by atoms with Crippen molar-refractivity contribution in [2.24, 2.45) is 0 Å². The molecule has 0 saturated carbocycles. The molecule has 0 radical (unpaired) electrons. The van der Waals surface area contributed by atoms with Gasteiger partial charge in [-0.15, -0.1) is 6.42 Å². The van der Waals surface area contributed by atoms with E-state index in [1.807, 2.05) is 13.8 Å². The van der Waals surface area contributed by atoms with Crippen LogP contribution in [0.15, 0.2) is 0 Å². The van der Waals surface area contributed by atoms with Crippen LogP contribution in [0.4, 0.5) is 0 Å². The van der Waals surface area contributed by atoms with Crippen LogP contribution in [0, 0.1) is 12.3 Å². The van der Waals surface area contributed by atoms with Crippen molar-refractivity contribution in [2.75, 3.05) is 13.2 Å². The summed E-state index contributed by atoms with van der Waals surface area (Å²) >= 11 is 0. The van der Waals surface area contributed by atoms with Gasteiger partial charge in [-0.1, -0.05) is 32.6 Å². The second-order valence-corrected chi connectivity index (χ2v) is 3.82. The van der Waals surface area contributed by atoms with Gasteiger partial charge in [0.2, 0.25) is 0 Å². The number of rotatable bonds is 8. The average Bonchev–Trinajstić information content (AvgIpc) is 2.30. The molecule has 0 spiro atoms. The maximum Gasteiger partial charge on any atom is 0.326 e. The van der Waals surface area contributed by atoms with Gasteiger partial charge in [-0.2, -0.15) is 0 Å². The first-order chi connectivity index (χ1) is 7.66. The van der Waals surface area contributed by atoms with Gasteiger partial charge in [-0.05, 0) is 19.8 Å². The molecule has 0 aliphatic heterocycles. The van der Waals surface area contributed by atoms with E-state index in [1.165, 1.54) is 0 Å². The molecule has 0 saturated heterocycles. The molecule has 0 amide bonds. The zero-order valence-electron chi connectivity index (χ0n) is 10.6. The van der Waals surface area contributed by atoms with Crippen molar-refractivity contribution in [1.29, 1.82) is 0 Å². The van der Waals surface area contributed by atoms with Gasteiger partial charge in [0.05, 0.1) is 13.2 Å². The summed E-state index contributed by atoms with van der Waals surface area (Å²) in [5, 5.41) is 3.14. The van der Waals surface area contributed by atoms with Gasteiger partial charge in [-0.3, -0.25) is 10.1 Å². The van der Waals surface area contributed by atoms with Crippen LogP contribution in [-0.2, 0) is 9.53 Å². The van der Waals surface area contributed by atoms with Gasteiger partial charge in [0.15, 0.2) is 0 Å². The van der Waals surface area contributed by atoms with Crippen molar-refractivity contribution in [3.8, 4) is 12.3 Å². The molecule has 3 nitrogen and oxygen atoms in total. The van der Waals surface area contributed by atoms with E-state index in [9.17, 15) is 4.79 Å². The van der Waals surface area contributed by atoms with Crippen LogP contribution in [0.25, 0.3) is 0 Å². The lowest BCUT2D eigenvalue weighted by Crippen LogP contribution is -2.52. The Kier molecular flexibility index (Phi) is 7.66. The lowest BCUT2D eigenvalue weighted by Gasteiger charge is -2.30. The zero-order chi connectivity index (χ0) is 12.4. The lowest BCUT2D eigenvalue weighted by molar-refractivity contribution is -0.151. The monoisotopic (exact) mass is 225 g/mol. The van der Waals surface area contributed by atoms with E-state index >= 15 is 0 Å². The van der Waals surface area contributed by atoms with Gasteiger partial charge in [-0.25, -0.2) is 0 Å². The molecule has 0 aromatic rings. The summed E-state index contributed by atoms with van der Waals surface area (Å²) in [5.41, 5.74) is -0.599. The van der Waals surface area contributed by atoms with Crippen LogP contribution >= 0.6 is 0 Å². The normalized spacial score (nSPS) is 13.9. The van der Waals surface area contributed by atoms with E-state index in [1.54, 1.807) is 0 Å². The van der Waals surface area contributed by atoms with E-state index in [-0.39, 0.29) is 5.97 Å². The molecule has 1 atom stereocenters. The Bertz CT molecular complexity index is 245. The van der Waals surface area contributed by atoms with Crippen molar-refractivity contribution in [3.63, 3.8) is 0 Å². The van der Waals surface area contributed by atoms with Crippen molar-refractivity contribution in [3.05, 3.63) is 0 Å². The Balaban J connectivity index is 4.65. The summed E-state index contributed by atoms with van der Waals surface area (Å²) in [6, 6.07) is 0. The predicted molar refractivity (Wildman–Crippen MR) is 66.0 cm³/mol. The molecule has 92 valence electrons. The number of unbranched alkanes of at least 4 members (excludes halogenated alkanes) is 1. The SMILES string of the molecule is C#CCNC(CC)(CCCC)C(=O)OCC. The Labute approximate surface area is 98.9 Å². The average molecular weight is 225 g/mol. The number of terminal acetylenes is 1. The second kappa shape index (κ2) is 8.18. The molecule has 0 rings (SSSR count). The third kappa shape index (κ3) is 4.24. The van der Waals surface area contributed by atoms with Gasteiger partial charge in [0.25, 0.3) is 0 Å². The third-order valence-corrected chi connectivity index (χ3v) is 2.76. The molecular formula is C13H23NO2. The fraction of sp³-hybridized carbons (Fsp3) is 0.769. The molecule has 0 aliphatic carbocycles. The maximum atomic E-state index is 12.0. The minimum Gasteiger partial charge on any atom is -0.465 e. The topological polar surface area (TPSA) is 38.3 Å². The van der Waals surface area contributed by atoms with Crippen LogP contribution in [0.3, 0.4) is 0 Å². The second-order valence-electron chi connectivity index (χ2n) is 3.82. The summed E-state index contributed by atoms with van der Waals surface area (Å²) in [6.07, 6.45) is 8.75. The number of esters is 1. The molecule has 1 N–H and O–H groups in total. The van der Waals surface area contributed by atoms with Gasteiger partial charge in [0.1, 0.15) is 5.54 Å². The van der Waals surface area contributed by atoms with Crippen molar-refractivity contribution in [1.82, 2.24) is 5.32 Å². The molecule has 0 fully saturated rings. The van der Waals surface area contributed by atoms with Crippen LogP contribution in [-0.4, -0.2) is 24.7 Å². The van der Waals surface area contributed by atoms with Crippen LogP contribution in [0.1, 0.15) is 46.5 Å². The first-order valence-corrected chi connectivity index (χ1v) is 6.02. The molecule has 0 aliphatic rings. The first-order valence-electron chi connectivity index (χ1n) is 6.02. The number of carbonyl (C=O) groups is 1. The minimum absolute atomic E-state index is 0.179. The van der Waals surface area contributed by atoms with Crippen molar-refractivity contribution < 1.29 is 9.53 Å². The van der Waals surface area contributed by atoms with Gasteiger partial charge >= 0.3 is 5.97 Å². The Morgan fingerprint density at radius 3 is 2.56 bits per heavy atom. The van der Waals surface area contributed by atoms with Crippen LogP contribution in [0.5, 0.6) is 0 Å². The fourth-order valence-electron chi connectivity index (χ4n) is 1.68. The standard InChI is InChI=1S/C13H23NO2/c1-5-9-10-13(7-3,14-11-6-2)12(15)16-8-4/h2,14H,5,7-11H2,1,3-4H3. The van der Waals surface area contributed by atoms with E-state index in [4.69, 9.17) is 11.2 Å².